The molecule has 0 saturated carbocycles. The Balaban J connectivity index is 0.00000784. The molecule has 0 spiro atoms. The van der Waals surface area contributed by atoms with E-state index in [1.807, 2.05) is 39.5 Å². The smallest absolute Gasteiger partial charge is 0.407 e. The van der Waals surface area contributed by atoms with Crippen molar-refractivity contribution in [2.45, 2.75) is 84.9 Å². The largest absolute Gasteiger partial charge is 0.444 e. The first kappa shape index (κ1) is 27.7. The van der Waals surface area contributed by atoms with E-state index in [4.69, 9.17) is 4.74 Å². The van der Waals surface area contributed by atoms with Gasteiger partial charge in [0.2, 0.25) is 5.91 Å². The number of nitrogens with one attached hydrogen (secondary N) is 3. The Bertz CT molecular complexity index is 537. The summed E-state index contributed by atoms with van der Waals surface area (Å²) in [5, 5.41) is 9.58. The summed E-state index contributed by atoms with van der Waals surface area (Å²) in [6.45, 7) is 14.2. The lowest BCUT2D eigenvalue weighted by Crippen LogP contribution is -2.46. The number of carbonyl (C=O) groups is 2. The second-order valence-electron chi connectivity index (χ2n) is 8.17. The topological polar surface area (TPSA) is 95.1 Å². The molecule has 2 amide bonds. The Morgan fingerprint density at radius 3 is 2.48 bits per heavy atom. The maximum absolute atomic E-state index is 12.1. The summed E-state index contributed by atoms with van der Waals surface area (Å²) in [6, 6.07) is 0.105. The number of likely N-dealkylation sites (tertiary alicyclic amines) is 1. The highest BCUT2D eigenvalue weighted by atomic mass is 127. The van der Waals surface area contributed by atoms with Gasteiger partial charge >= 0.3 is 6.09 Å². The van der Waals surface area contributed by atoms with Crippen molar-refractivity contribution in [1.82, 2.24) is 20.9 Å². The summed E-state index contributed by atoms with van der Waals surface area (Å²) in [7, 11) is 0. The van der Waals surface area contributed by atoms with Crippen LogP contribution in [-0.4, -0.2) is 66.7 Å². The zero-order valence-electron chi connectivity index (χ0n) is 18.8. The van der Waals surface area contributed by atoms with Crippen molar-refractivity contribution in [3.8, 4) is 0 Å². The summed E-state index contributed by atoms with van der Waals surface area (Å²) in [6.07, 6.45) is 2.80. The lowest BCUT2D eigenvalue weighted by molar-refractivity contribution is -0.129. The minimum absolute atomic E-state index is 0. The zero-order chi connectivity index (χ0) is 21.2. The average molecular weight is 525 g/mol. The fourth-order valence-electron chi connectivity index (χ4n) is 3.07. The Hall–Kier alpha value is -1.26. The lowest BCUT2D eigenvalue weighted by Gasteiger charge is -2.23. The number of alkyl carbamates (subject to hydrolysis) is 1. The van der Waals surface area contributed by atoms with Gasteiger partial charge in [-0.25, -0.2) is 4.79 Å². The Morgan fingerprint density at radius 2 is 1.93 bits per heavy atom. The van der Waals surface area contributed by atoms with E-state index in [0.29, 0.717) is 25.5 Å². The third kappa shape index (κ3) is 11.5. The first-order valence-electron chi connectivity index (χ1n) is 10.5. The second kappa shape index (κ2) is 13.9. The van der Waals surface area contributed by atoms with Crippen molar-refractivity contribution >= 4 is 41.9 Å². The van der Waals surface area contributed by atoms with Crippen LogP contribution in [0.3, 0.4) is 0 Å². The van der Waals surface area contributed by atoms with E-state index in [9.17, 15) is 9.59 Å². The molecule has 2 unspecified atom stereocenters. The number of halogens is 1. The van der Waals surface area contributed by atoms with Crippen molar-refractivity contribution < 1.29 is 14.3 Å². The van der Waals surface area contributed by atoms with Crippen LogP contribution in [-0.2, 0) is 9.53 Å². The first-order valence-corrected chi connectivity index (χ1v) is 10.5. The Morgan fingerprint density at radius 1 is 1.24 bits per heavy atom. The van der Waals surface area contributed by atoms with Crippen LogP contribution in [0.4, 0.5) is 4.79 Å². The molecule has 2 atom stereocenters. The third-order valence-corrected chi connectivity index (χ3v) is 4.36. The number of hydrogen-bond acceptors (Lipinski definition) is 4. The zero-order valence-corrected chi connectivity index (χ0v) is 21.2. The fourth-order valence-corrected chi connectivity index (χ4v) is 3.07. The van der Waals surface area contributed by atoms with Gasteiger partial charge in [0.15, 0.2) is 5.96 Å². The predicted octanol–water partition coefficient (Wildman–Crippen LogP) is 2.86. The van der Waals surface area contributed by atoms with Gasteiger partial charge in [-0.2, -0.15) is 0 Å². The van der Waals surface area contributed by atoms with Gasteiger partial charge in [0.1, 0.15) is 5.60 Å². The summed E-state index contributed by atoms with van der Waals surface area (Å²) < 4.78 is 5.35. The van der Waals surface area contributed by atoms with E-state index in [2.05, 4.69) is 27.9 Å². The molecule has 0 aliphatic carbocycles. The number of ether oxygens (including phenoxy) is 1. The van der Waals surface area contributed by atoms with Crippen LogP contribution >= 0.6 is 24.0 Å². The SMILES string of the molecule is CCCC(CN=C(NCC)NC1CCN(C(=O)CC)C1)NC(=O)OC(C)(C)C.I. The highest BCUT2D eigenvalue weighted by Crippen LogP contribution is 2.11. The van der Waals surface area contributed by atoms with Gasteiger partial charge in [0.25, 0.3) is 0 Å². The molecule has 1 fully saturated rings. The van der Waals surface area contributed by atoms with E-state index >= 15 is 0 Å². The number of rotatable bonds is 8. The van der Waals surface area contributed by atoms with Crippen molar-refractivity contribution in [3.63, 3.8) is 0 Å². The minimum Gasteiger partial charge on any atom is -0.444 e. The standard InChI is InChI=1S/C20H39N5O3.HI/c1-7-10-15(24-19(27)28-20(4,5)6)13-22-18(21-9-3)23-16-11-12-25(14-16)17(26)8-2;/h15-16H,7-14H2,1-6H3,(H,24,27)(H2,21,22,23);1H. The second-order valence-corrected chi connectivity index (χ2v) is 8.17. The van der Waals surface area contributed by atoms with Crippen LogP contribution in [0, 0.1) is 0 Å². The van der Waals surface area contributed by atoms with E-state index in [0.717, 1.165) is 32.4 Å². The van der Waals surface area contributed by atoms with Gasteiger partial charge < -0.3 is 25.6 Å². The molecular formula is C20H40IN5O3. The number of hydrogen-bond donors (Lipinski definition) is 3. The number of aliphatic imine (C=N–C) groups is 1. The van der Waals surface area contributed by atoms with E-state index in [1.165, 1.54) is 0 Å². The van der Waals surface area contributed by atoms with Crippen LogP contribution < -0.4 is 16.0 Å². The summed E-state index contributed by atoms with van der Waals surface area (Å²) in [4.78, 5) is 30.5. The maximum Gasteiger partial charge on any atom is 0.407 e. The number of nitrogens with zero attached hydrogens (tertiary/aromatic N) is 2. The molecule has 1 heterocycles. The summed E-state index contributed by atoms with van der Waals surface area (Å²) >= 11 is 0. The monoisotopic (exact) mass is 525 g/mol. The molecule has 0 radical (unpaired) electrons. The highest BCUT2D eigenvalue weighted by molar-refractivity contribution is 14.0. The molecule has 0 aromatic carbocycles. The van der Waals surface area contributed by atoms with Crippen molar-refractivity contribution in [1.29, 1.82) is 0 Å². The predicted molar refractivity (Wildman–Crippen MR) is 128 cm³/mol. The van der Waals surface area contributed by atoms with E-state index < -0.39 is 11.7 Å². The molecule has 1 saturated heterocycles. The number of amides is 2. The summed E-state index contributed by atoms with van der Waals surface area (Å²) in [5.41, 5.74) is -0.523. The lowest BCUT2D eigenvalue weighted by atomic mass is 10.1. The minimum atomic E-state index is -0.523. The normalized spacial score (nSPS) is 17.9. The molecule has 0 aromatic rings. The van der Waals surface area contributed by atoms with Crippen molar-refractivity contribution in [2.24, 2.45) is 4.99 Å². The molecule has 1 aliphatic rings. The van der Waals surface area contributed by atoms with Crippen LogP contribution in [0.15, 0.2) is 4.99 Å². The van der Waals surface area contributed by atoms with Gasteiger partial charge in [-0.15, -0.1) is 24.0 Å². The first-order chi connectivity index (χ1) is 13.2. The number of guanidine groups is 1. The molecule has 0 aromatic heterocycles. The van der Waals surface area contributed by atoms with Gasteiger partial charge in [0.05, 0.1) is 12.6 Å². The molecule has 9 heteroatoms. The average Bonchev–Trinajstić information content (AvgIpc) is 3.06. The maximum atomic E-state index is 12.1. The molecule has 0 bridgehead atoms. The molecule has 1 rings (SSSR count). The fraction of sp³-hybridized carbons (Fsp3) is 0.850. The molecule has 1 aliphatic heterocycles. The quantitative estimate of drug-likeness (QED) is 0.258. The molecular weight excluding hydrogens is 485 g/mol. The highest BCUT2D eigenvalue weighted by Gasteiger charge is 2.26. The summed E-state index contributed by atoms with van der Waals surface area (Å²) in [5.74, 6) is 0.904. The molecule has 29 heavy (non-hydrogen) atoms. The Kier molecular flexibility index (Phi) is 13.3. The molecule has 3 N–H and O–H groups in total. The van der Waals surface area contributed by atoms with Crippen molar-refractivity contribution in [3.05, 3.63) is 0 Å². The van der Waals surface area contributed by atoms with Crippen LogP contribution in [0.25, 0.3) is 0 Å². The Labute approximate surface area is 193 Å². The van der Waals surface area contributed by atoms with Crippen LogP contribution in [0.5, 0.6) is 0 Å². The van der Waals surface area contributed by atoms with Gasteiger partial charge in [-0.3, -0.25) is 9.79 Å². The number of carbonyl (C=O) groups excluding carboxylic acids is 2. The van der Waals surface area contributed by atoms with E-state index in [1.54, 1.807) is 0 Å². The van der Waals surface area contributed by atoms with Gasteiger partial charge in [0, 0.05) is 32.1 Å². The van der Waals surface area contributed by atoms with Gasteiger partial charge in [-0.05, 0) is 40.5 Å². The van der Waals surface area contributed by atoms with Crippen LogP contribution in [0.1, 0.15) is 67.2 Å². The van der Waals surface area contributed by atoms with Crippen LogP contribution in [0.2, 0.25) is 0 Å². The molecule has 8 nitrogen and oxygen atoms in total. The molecule has 170 valence electrons. The van der Waals surface area contributed by atoms with Gasteiger partial charge in [-0.1, -0.05) is 20.3 Å². The third-order valence-electron chi connectivity index (χ3n) is 4.36. The van der Waals surface area contributed by atoms with Crippen molar-refractivity contribution in [2.75, 3.05) is 26.2 Å². The van der Waals surface area contributed by atoms with E-state index in [-0.39, 0.29) is 42.0 Å².